The van der Waals surface area contributed by atoms with Crippen molar-refractivity contribution < 1.29 is 13.2 Å². The maximum absolute atomic E-state index is 12.9. The number of piperidine rings is 1. The first-order chi connectivity index (χ1) is 12.0. The topological polar surface area (TPSA) is 60.9 Å². The molecule has 2 aliphatic heterocycles. The number of likely N-dealkylation sites (tertiary alicyclic amines) is 1. The Morgan fingerprint density at radius 1 is 1.04 bits per heavy atom. The quantitative estimate of drug-likeness (QED) is 0.818. The van der Waals surface area contributed by atoms with E-state index >= 15 is 0 Å². The van der Waals surface area contributed by atoms with E-state index in [1.807, 2.05) is 42.2 Å². The molecule has 138 valence electrons. The average Bonchev–Trinajstić information content (AvgIpc) is 2.60. The van der Waals surface area contributed by atoms with Gasteiger partial charge in [0.2, 0.25) is 5.91 Å². The van der Waals surface area contributed by atoms with E-state index < -0.39 is 10.2 Å². The van der Waals surface area contributed by atoms with Gasteiger partial charge in [-0.3, -0.25) is 4.79 Å². The van der Waals surface area contributed by atoms with Gasteiger partial charge in [0.25, 0.3) is 10.2 Å². The number of benzene rings is 1. The second-order valence-corrected chi connectivity index (χ2v) is 8.87. The summed E-state index contributed by atoms with van der Waals surface area (Å²) in [6.45, 7) is 4.01. The zero-order valence-electron chi connectivity index (χ0n) is 14.8. The minimum atomic E-state index is -3.59. The van der Waals surface area contributed by atoms with Crippen LogP contribution in [0.3, 0.4) is 0 Å². The van der Waals surface area contributed by atoms with Crippen LogP contribution in [-0.2, 0) is 21.5 Å². The zero-order chi connectivity index (χ0) is 17.9. The predicted octanol–water partition coefficient (Wildman–Crippen LogP) is 1.84. The lowest BCUT2D eigenvalue weighted by Gasteiger charge is -2.38. The number of nitrogens with zero attached hydrogens (tertiary/aromatic N) is 3. The third-order valence-electron chi connectivity index (χ3n) is 5.10. The Kier molecular flexibility index (Phi) is 5.76. The van der Waals surface area contributed by atoms with Crippen LogP contribution in [0.25, 0.3) is 0 Å². The molecule has 0 aliphatic carbocycles. The highest BCUT2D eigenvalue weighted by Gasteiger charge is 2.36. The van der Waals surface area contributed by atoms with Gasteiger partial charge in [-0.15, -0.1) is 0 Å². The first-order valence-corrected chi connectivity index (χ1v) is 10.5. The molecule has 0 bridgehead atoms. The fraction of sp³-hybridized carbons (Fsp3) is 0.611. The van der Waals surface area contributed by atoms with Gasteiger partial charge in [0.15, 0.2) is 0 Å². The van der Waals surface area contributed by atoms with Crippen LogP contribution in [0, 0.1) is 0 Å². The van der Waals surface area contributed by atoms with Crippen LogP contribution >= 0.6 is 0 Å². The lowest BCUT2D eigenvalue weighted by Crippen LogP contribution is -2.54. The van der Waals surface area contributed by atoms with E-state index in [2.05, 4.69) is 0 Å². The normalized spacial score (nSPS) is 25.0. The Bertz CT molecular complexity index is 693. The molecule has 6 nitrogen and oxygen atoms in total. The average molecular weight is 365 g/mol. The van der Waals surface area contributed by atoms with Crippen LogP contribution in [0.4, 0.5) is 0 Å². The van der Waals surface area contributed by atoms with Crippen LogP contribution in [0.5, 0.6) is 0 Å². The molecule has 2 fully saturated rings. The van der Waals surface area contributed by atoms with Gasteiger partial charge < -0.3 is 4.90 Å². The van der Waals surface area contributed by atoms with Crippen molar-refractivity contribution in [1.82, 2.24) is 13.5 Å². The SMILES string of the molecule is CC1CCCCN1C(=O)CN1CCCN(Cc2ccccc2)S1(=O)=O. The summed E-state index contributed by atoms with van der Waals surface area (Å²) in [5, 5.41) is 0. The molecule has 0 aromatic heterocycles. The molecular weight excluding hydrogens is 338 g/mol. The van der Waals surface area contributed by atoms with Gasteiger partial charge in [-0.2, -0.15) is 17.0 Å². The third kappa shape index (κ3) is 4.22. The molecule has 0 spiro atoms. The minimum Gasteiger partial charge on any atom is -0.339 e. The number of carbonyl (C=O) groups excluding carboxylic acids is 1. The largest absolute Gasteiger partial charge is 0.339 e. The van der Waals surface area contributed by atoms with Gasteiger partial charge in [0.05, 0.1) is 6.54 Å². The van der Waals surface area contributed by atoms with Gasteiger partial charge in [-0.25, -0.2) is 0 Å². The second-order valence-electron chi connectivity index (χ2n) is 6.95. The highest BCUT2D eigenvalue weighted by Crippen LogP contribution is 2.21. The molecule has 2 saturated heterocycles. The zero-order valence-corrected chi connectivity index (χ0v) is 15.6. The summed E-state index contributed by atoms with van der Waals surface area (Å²) in [5.41, 5.74) is 0.962. The first-order valence-electron chi connectivity index (χ1n) is 9.07. The molecule has 1 aromatic carbocycles. The van der Waals surface area contributed by atoms with Crippen LogP contribution in [0.2, 0.25) is 0 Å². The minimum absolute atomic E-state index is 0.0437. The monoisotopic (exact) mass is 365 g/mol. The Morgan fingerprint density at radius 2 is 1.76 bits per heavy atom. The Hall–Kier alpha value is -1.44. The van der Waals surface area contributed by atoms with Crippen molar-refractivity contribution in [1.29, 1.82) is 0 Å². The summed E-state index contributed by atoms with van der Waals surface area (Å²) in [7, 11) is -3.59. The number of hydrogen-bond acceptors (Lipinski definition) is 3. The molecule has 1 atom stereocenters. The van der Waals surface area contributed by atoms with E-state index in [0.717, 1.165) is 37.8 Å². The van der Waals surface area contributed by atoms with E-state index in [9.17, 15) is 13.2 Å². The summed E-state index contributed by atoms with van der Waals surface area (Å²) in [5.74, 6) is -0.0719. The fourth-order valence-electron chi connectivity index (χ4n) is 3.64. The van der Waals surface area contributed by atoms with Gasteiger partial charge in [0.1, 0.15) is 0 Å². The van der Waals surface area contributed by atoms with Crippen LogP contribution in [-0.4, -0.2) is 60.1 Å². The number of carbonyl (C=O) groups is 1. The van der Waals surface area contributed by atoms with E-state index in [-0.39, 0.29) is 18.5 Å². The Balaban J connectivity index is 1.68. The van der Waals surface area contributed by atoms with E-state index in [4.69, 9.17) is 0 Å². The van der Waals surface area contributed by atoms with Crippen LogP contribution in [0.15, 0.2) is 30.3 Å². The molecule has 0 N–H and O–H groups in total. The lowest BCUT2D eigenvalue weighted by atomic mass is 10.0. The van der Waals surface area contributed by atoms with Crippen LogP contribution in [0.1, 0.15) is 38.2 Å². The van der Waals surface area contributed by atoms with Crippen molar-refractivity contribution in [2.75, 3.05) is 26.2 Å². The van der Waals surface area contributed by atoms with Crippen LogP contribution < -0.4 is 0 Å². The number of amides is 1. The molecule has 0 saturated carbocycles. The van der Waals surface area contributed by atoms with Crippen molar-refractivity contribution in [3.63, 3.8) is 0 Å². The Labute approximate surface area is 150 Å². The van der Waals surface area contributed by atoms with E-state index in [1.54, 1.807) is 0 Å². The molecule has 3 rings (SSSR count). The molecule has 1 amide bonds. The summed E-state index contributed by atoms with van der Waals surface area (Å²) >= 11 is 0. The summed E-state index contributed by atoms with van der Waals surface area (Å²) < 4.78 is 28.6. The van der Waals surface area contributed by atoms with Crippen molar-refractivity contribution in [3.05, 3.63) is 35.9 Å². The van der Waals surface area contributed by atoms with Crippen molar-refractivity contribution in [3.8, 4) is 0 Å². The van der Waals surface area contributed by atoms with E-state index in [0.29, 0.717) is 19.6 Å². The van der Waals surface area contributed by atoms with Gasteiger partial charge in [-0.05, 0) is 38.2 Å². The molecule has 25 heavy (non-hydrogen) atoms. The molecule has 1 unspecified atom stereocenters. The third-order valence-corrected chi connectivity index (χ3v) is 7.03. The van der Waals surface area contributed by atoms with Crippen molar-refractivity contribution in [2.24, 2.45) is 0 Å². The fourth-order valence-corrected chi connectivity index (χ4v) is 5.27. The smallest absolute Gasteiger partial charge is 0.282 e. The standard InChI is InChI=1S/C18H27N3O3S/c1-16-8-5-6-13-21(16)18(22)15-20-12-7-11-19(25(20,23)24)14-17-9-3-2-4-10-17/h2-4,9-10,16H,5-8,11-15H2,1H3. The van der Waals surface area contributed by atoms with Crippen molar-refractivity contribution >= 4 is 16.1 Å². The summed E-state index contributed by atoms with van der Waals surface area (Å²) in [6, 6.07) is 9.79. The number of rotatable bonds is 4. The molecule has 1 aromatic rings. The lowest BCUT2D eigenvalue weighted by molar-refractivity contribution is -0.134. The Morgan fingerprint density at radius 3 is 2.48 bits per heavy atom. The molecule has 2 heterocycles. The predicted molar refractivity (Wildman–Crippen MR) is 97.0 cm³/mol. The molecule has 0 radical (unpaired) electrons. The molecule has 7 heteroatoms. The highest BCUT2D eigenvalue weighted by atomic mass is 32.2. The summed E-state index contributed by atoms with van der Waals surface area (Å²) in [4.78, 5) is 14.5. The molecular formula is C18H27N3O3S. The molecule has 2 aliphatic rings. The van der Waals surface area contributed by atoms with Crippen molar-refractivity contribution in [2.45, 2.75) is 45.2 Å². The highest BCUT2D eigenvalue weighted by molar-refractivity contribution is 7.86. The second kappa shape index (κ2) is 7.85. The van der Waals surface area contributed by atoms with E-state index in [1.165, 1.54) is 8.61 Å². The van der Waals surface area contributed by atoms with Gasteiger partial charge in [-0.1, -0.05) is 30.3 Å². The summed E-state index contributed by atoms with van der Waals surface area (Å²) in [6.07, 6.45) is 3.88. The van der Waals surface area contributed by atoms with Gasteiger partial charge >= 0.3 is 0 Å². The number of hydrogen-bond donors (Lipinski definition) is 0. The maximum Gasteiger partial charge on any atom is 0.282 e. The van der Waals surface area contributed by atoms with Gasteiger partial charge in [0, 0.05) is 32.2 Å². The maximum atomic E-state index is 12.9. The first kappa shape index (κ1) is 18.4.